The van der Waals surface area contributed by atoms with Crippen molar-refractivity contribution in [3.63, 3.8) is 0 Å². The number of hydrogen-bond donors (Lipinski definition) is 1. The molecule has 0 unspecified atom stereocenters. The lowest BCUT2D eigenvalue weighted by molar-refractivity contribution is 0.0580. The van der Waals surface area contributed by atoms with Crippen LogP contribution in [0, 0.1) is 5.41 Å². The van der Waals surface area contributed by atoms with E-state index < -0.39 is 0 Å². The van der Waals surface area contributed by atoms with Gasteiger partial charge in [0.25, 0.3) is 5.91 Å². The molecule has 2 aliphatic rings. The highest BCUT2D eigenvalue weighted by atomic mass is 35.5. The fraction of sp³-hybridized carbons (Fsp3) is 0.375. The van der Waals surface area contributed by atoms with E-state index in [9.17, 15) is 4.79 Å². The molecule has 0 aliphatic carbocycles. The normalized spacial score (nSPS) is 17.8. The number of amides is 1. The summed E-state index contributed by atoms with van der Waals surface area (Å²) in [5.41, 5.74) is 2.92. The Balaban J connectivity index is 0.00000218. The Hall–Kier alpha value is -2.50. The van der Waals surface area contributed by atoms with Crippen LogP contribution in [0.1, 0.15) is 29.8 Å². The van der Waals surface area contributed by atoms with E-state index in [1.165, 1.54) is 6.42 Å². The van der Waals surface area contributed by atoms with Crippen molar-refractivity contribution < 1.29 is 13.9 Å². The van der Waals surface area contributed by atoms with Crippen LogP contribution in [0.25, 0.3) is 22.1 Å². The highest BCUT2D eigenvalue weighted by Gasteiger charge is 2.39. The Bertz CT molecular complexity index is 1030. The molecule has 30 heavy (non-hydrogen) atoms. The van der Waals surface area contributed by atoms with Gasteiger partial charge >= 0.3 is 0 Å². The average Bonchev–Trinajstić information content (AvgIpc) is 3.38. The zero-order chi connectivity index (χ0) is 19.8. The fourth-order valence-corrected chi connectivity index (χ4v) is 4.80. The molecular weight excluding hydrogens is 400 g/mol. The van der Waals surface area contributed by atoms with Crippen molar-refractivity contribution >= 4 is 29.3 Å². The number of hydrogen-bond acceptors (Lipinski definition) is 4. The highest BCUT2D eigenvalue weighted by molar-refractivity contribution is 6.08. The number of methoxy groups -OCH3 is 1. The maximum Gasteiger partial charge on any atom is 0.290 e. The van der Waals surface area contributed by atoms with Crippen molar-refractivity contribution in [3.05, 3.63) is 54.3 Å². The summed E-state index contributed by atoms with van der Waals surface area (Å²) in [4.78, 5) is 15.5. The molecule has 2 fully saturated rings. The summed E-state index contributed by atoms with van der Waals surface area (Å²) >= 11 is 0. The first-order valence-electron chi connectivity index (χ1n) is 10.4. The maximum atomic E-state index is 13.5. The minimum absolute atomic E-state index is 0. The van der Waals surface area contributed by atoms with E-state index in [1.54, 1.807) is 7.11 Å². The van der Waals surface area contributed by atoms with Crippen LogP contribution in [-0.4, -0.2) is 44.1 Å². The molecule has 2 aliphatic heterocycles. The van der Waals surface area contributed by atoms with E-state index in [0.29, 0.717) is 16.8 Å². The molecule has 5 rings (SSSR count). The molecule has 1 amide bonds. The lowest BCUT2D eigenvalue weighted by atomic mass is 9.78. The third-order valence-corrected chi connectivity index (χ3v) is 6.60. The monoisotopic (exact) mass is 426 g/mol. The minimum atomic E-state index is -0.0140. The Morgan fingerprint density at radius 3 is 2.53 bits per heavy atom. The summed E-state index contributed by atoms with van der Waals surface area (Å²) in [6.45, 7) is 3.75. The third kappa shape index (κ3) is 3.57. The quantitative estimate of drug-likeness (QED) is 0.656. The number of rotatable bonds is 3. The van der Waals surface area contributed by atoms with Gasteiger partial charge < -0.3 is 19.4 Å². The Kier molecular flexibility index (Phi) is 5.76. The molecule has 0 bridgehead atoms. The molecule has 6 heteroatoms. The molecule has 1 N–H and O–H groups in total. The van der Waals surface area contributed by atoms with Crippen LogP contribution >= 0.6 is 12.4 Å². The predicted octanol–water partition coefficient (Wildman–Crippen LogP) is 4.75. The first kappa shape index (κ1) is 20.8. The average molecular weight is 427 g/mol. The summed E-state index contributed by atoms with van der Waals surface area (Å²) < 4.78 is 11.5. The van der Waals surface area contributed by atoms with E-state index >= 15 is 0 Å². The van der Waals surface area contributed by atoms with Gasteiger partial charge in [0.1, 0.15) is 11.3 Å². The second kappa shape index (κ2) is 8.32. The van der Waals surface area contributed by atoms with Crippen LogP contribution < -0.4 is 10.1 Å². The van der Waals surface area contributed by atoms with Crippen LogP contribution in [0.5, 0.6) is 5.75 Å². The molecule has 1 aromatic heterocycles. The lowest BCUT2D eigenvalue weighted by Crippen LogP contribution is -2.44. The van der Waals surface area contributed by atoms with E-state index in [2.05, 4.69) is 5.32 Å². The number of halogens is 1. The van der Waals surface area contributed by atoms with Gasteiger partial charge in [0, 0.05) is 36.7 Å². The summed E-state index contributed by atoms with van der Waals surface area (Å²) in [6, 6.07) is 15.8. The Morgan fingerprint density at radius 2 is 1.87 bits per heavy atom. The smallest absolute Gasteiger partial charge is 0.290 e. The third-order valence-electron chi connectivity index (χ3n) is 6.60. The van der Waals surface area contributed by atoms with Gasteiger partial charge in [-0.2, -0.15) is 0 Å². The van der Waals surface area contributed by atoms with Crippen LogP contribution in [0.15, 0.2) is 52.9 Å². The number of carbonyl (C=O) groups excluding carboxylic acids is 1. The number of nitrogens with one attached hydrogen (secondary N) is 1. The predicted molar refractivity (Wildman–Crippen MR) is 121 cm³/mol. The van der Waals surface area contributed by atoms with Crippen LogP contribution in [0.3, 0.4) is 0 Å². The van der Waals surface area contributed by atoms with Crippen molar-refractivity contribution in [2.24, 2.45) is 5.41 Å². The van der Waals surface area contributed by atoms with Crippen LogP contribution in [0.4, 0.5) is 0 Å². The van der Waals surface area contributed by atoms with Gasteiger partial charge in [0.05, 0.1) is 7.11 Å². The Labute approximate surface area is 182 Å². The van der Waals surface area contributed by atoms with E-state index in [-0.39, 0.29) is 18.3 Å². The van der Waals surface area contributed by atoms with E-state index in [1.807, 2.05) is 53.4 Å². The molecule has 2 saturated heterocycles. The van der Waals surface area contributed by atoms with Crippen molar-refractivity contribution in [1.29, 1.82) is 0 Å². The number of carbonyl (C=O) groups is 1. The molecular formula is C24H27ClN2O3. The van der Waals surface area contributed by atoms with Gasteiger partial charge in [-0.05, 0) is 48.9 Å². The number of benzene rings is 2. The molecule has 0 atom stereocenters. The SMILES string of the molecule is COc1ccc2c(-c3ccccc3)c(C(=O)N3CCC4(CCNC4)CC3)oc2c1.Cl. The molecule has 0 radical (unpaired) electrons. The zero-order valence-electron chi connectivity index (χ0n) is 17.1. The minimum Gasteiger partial charge on any atom is -0.497 e. The molecule has 0 saturated carbocycles. The van der Waals surface area contributed by atoms with Crippen LogP contribution in [0.2, 0.25) is 0 Å². The zero-order valence-corrected chi connectivity index (χ0v) is 18.0. The number of fused-ring (bicyclic) bond motifs is 1. The molecule has 5 nitrogen and oxygen atoms in total. The first-order chi connectivity index (χ1) is 14.2. The second-order valence-corrected chi connectivity index (χ2v) is 8.25. The van der Waals surface area contributed by atoms with Gasteiger partial charge in [0.2, 0.25) is 5.76 Å². The maximum absolute atomic E-state index is 13.5. The topological polar surface area (TPSA) is 54.7 Å². The van der Waals surface area contributed by atoms with Gasteiger partial charge in [-0.25, -0.2) is 0 Å². The number of nitrogens with zero attached hydrogens (tertiary/aromatic N) is 1. The molecule has 3 aromatic rings. The van der Waals surface area contributed by atoms with Crippen molar-refractivity contribution in [3.8, 4) is 16.9 Å². The van der Waals surface area contributed by atoms with Crippen LogP contribution in [-0.2, 0) is 0 Å². The molecule has 2 aromatic carbocycles. The summed E-state index contributed by atoms with van der Waals surface area (Å²) in [5, 5.41) is 4.42. The van der Waals surface area contributed by atoms with E-state index in [0.717, 1.165) is 61.3 Å². The molecule has 3 heterocycles. The fourth-order valence-electron chi connectivity index (χ4n) is 4.80. The van der Waals surface area contributed by atoms with Crippen molar-refractivity contribution in [1.82, 2.24) is 10.2 Å². The van der Waals surface area contributed by atoms with Gasteiger partial charge in [-0.1, -0.05) is 30.3 Å². The van der Waals surface area contributed by atoms with E-state index in [4.69, 9.17) is 9.15 Å². The van der Waals surface area contributed by atoms with Crippen molar-refractivity contribution in [2.45, 2.75) is 19.3 Å². The molecule has 1 spiro atoms. The highest BCUT2D eigenvalue weighted by Crippen LogP contribution is 2.40. The standard InChI is InChI=1S/C24H26N2O3.ClH/c1-28-18-7-8-19-20(15-18)29-22(21(19)17-5-3-2-4-6-17)23(27)26-13-10-24(11-14-26)9-12-25-16-24;/h2-8,15,25H,9-14,16H2,1H3;1H. The molecule has 158 valence electrons. The first-order valence-corrected chi connectivity index (χ1v) is 10.4. The number of piperidine rings is 1. The lowest BCUT2D eigenvalue weighted by Gasteiger charge is -2.38. The number of likely N-dealkylation sites (tertiary alicyclic amines) is 1. The van der Waals surface area contributed by atoms with Gasteiger partial charge in [0.15, 0.2) is 0 Å². The summed E-state index contributed by atoms with van der Waals surface area (Å²) in [7, 11) is 1.63. The van der Waals surface area contributed by atoms with Gasteiger partial charge in [-0.3, -0.25) is 4.79 Å². The number of furan rings is 1. The second-order valence-electron chi connectivity index (χ2n) is 8.25. The van der Waals surface area contributed by atoms with Gasteiger partial charge in [-0.15, -0.1) is 12.4 Å². The number of ether oxygens (including phenoxy) is 1. The largest absolute Gasteiger partial charge is 0.497 e. The summed E-state index contributed by atoms with van der Waals surface area (Å²) in [5.74, 6) is 1.14. The summed E-state index contributed by atoms with van der Waals surface area (Å²) in [6.07, 6.45) is 3.33. The van der Waals surface area contributed by atoms with Crippen molar-refractivity contribution in [2.75, 3.05) is 33.3 Å². The Morgan fingerprint density at radius 1 is 1.10 bits per heavy atom.